The SMILES string of the molecule is Cc1cc(OCc2n[nH]c3nc(N(C)CCO)ccc23)c(C(C)(C)C)cc1Cl. The highest BCUT2D eigenvalue weighted by Gasteiger charge is 2.21. The fraction of sp³-hybridized carbons (Fsp3) is 0.429. The largest absolute Gasteiger partial charge is 0.487 e. The summed E-state index contributed by atoms with van der Waals surface area (Å²) in [4.78, 5) is 6.47. The number of aliphatic hydroxyl groups excluding tert-OH is 1. The van der Waals surface area contributed by atoms with Crippen molar-refractivity contribution in [3.8, 4) is 5.75 Å². The molecule has 2 heterocycles. The second-order valence-corrected chi connectivity index (χ2v) is 8.42. The van der Waals surface area contributed by atoms with E-state index in [1.165, 1.54) is 0 Å². The van der Waals surface area contributed by atoms with E-state index in [0.717, 1.165) is 38.8 Å². The molecule has 0 bridgehead atoms. The Morgan fingerprint density at radius 3 is 2.68 bits per heavy atom. The zero-order valence-corrected chi connectivity index (χ0v) is 17.8. The molecule has 28 heavy (non-hydrogen) atoms. The van der Waals surface area contributed by atoms with Gasteiger partial charge in [-0.05, 0) is 42.2 Å². The summed E-state index contributed by atoms with van der Waals surface area (Å²) in [7, 11) is 1.89. The van der Waals surface area contributed by atoms with E-state index in [0.29, 0.717) is 18.8 Å². The van der Waals surface area contributed by atoms with Crippen molar-refractivity contribution in [2.24, 2.45) is 0 Å². The van der Waals surface area contributed by atoms with Crippen LogP contribution in [0.3, 0.4) is 0 Å². The number of hydrogen-bond donors (Lipinski definition) is 2. The van der Waals surface area contributed by atoms with Crippen molar-refractivity contribution in [1.82, 2.24) is 15.2 Å². The van der Waals surface area contributed by atoms with Gasteiger partial charge >= 0.3 is 0 Å². The summed E-state index contributed by atoms with van der Waals surface area (Å²) >= 11 is 6.33. The van der Waals surface area contributed by atoms with Crippen LogP contribution in [-0.4, -0.2) is 40.5 Å². The molecule has 0 atom stereocenters. The fourth-order valence-electron chi connectivity index (χ4n) is 3.04. The van der Waals surface area contributed by atoms with E-state index < -0.39 is 0 Å². The molecular weight excluding hydrogens is 376 g/mol. The molecule has 0 radical (unpaired) electrons. The number of ether oxygens (including phenoxy) is 1. The Bertz CT molecular complexity index is 978. The zero-order valence-electron chi connectivity index (χ0n) is 17.0. The van der Waals surface area contributed by atoms with Gasteiger partial charge < -0.3 is 14.7 Å². The molecule has 0 aliphatic rings. The number of hydrogen-bond acceptors (Lipinski definition) is 5. The van der Waals surface area contributed by atoms with Gasteiger partial charge in [0.15, 0.2) is 5.65 Å². The summed E-state index contributed by atoms with van der Waals surface area (Å²) in [5, 5.41) is 18.1. The van der Waals surface area contributed by atoms with Crippen LogP contribution in [0.25, 0.3) is 11.0 Å². The minimum atomic E-state index is -0.0892. The summed E-state index contributed by atoms with van der Waals surface area (Å²) in [6, 6.07) is 7.87. The molecule has 3 rings (SSSR count). The standard InChI is InChI=1S/C21H27ClN4O2/c1-13-10-18(15(11-16(13)22)21(2,3)4)28-12-17-14-6-7-19(26(5)8-9-27)23-20(14)25-24-17/h6-7,10-11,27H,8-9,12H2,1-5H3,(H,23,24,25). The third kappa shape index (κ3) is 4.23. The third-order valence-electron chi connectivity index (χ3n) is 4.75. The van der Waals surface area contributed by atoms with Crippen molar-refractivity contribution in [1.29, 1.82) is 0 Å². The first-order valence-electron chi connectivity index (χ1n) is 9.30. The Morgan fingerprint density at radius 1 is 1.25 bits per heavy atom. The molecule has 7 heteroatoms. The number of fused-ring (bicyclic) bond motifs is 1. The maximum absolute atomic E-state index is 9.10. The molecule has 150 valence electrons. The van der Waals surface area contributed by atoms with Crippen molar-refractivity contribution in [3.05, 3.63) is 46.1 Å². The van der Waals surface area contributed by atoms with E-state index in [2.05, 4.69) is 36.0 Å². The average Bonchev–Trinajstić information content (AvgIpc) is 3.04. The lowest BCUT2D eigenvalue weighted by molar-refractivity contribution is 0.294. The van der Waals surface area contributed by atoms with Crippen LogP contribution in [0.1, 0.15) is 37.6 Å². The van der Waals surface area contributed by atoms with Gasteiger partial charge in [0.1, 0.15) is 23.9 Å². The molecule has 6 nitrogen and oxygen atoms in total. The Balaban J connectivity index is 1.86. The van der Waals surface area contributed by atoms with Crippen LogP contribution in [0.15, 0.2) is 24.3 Å². The van der Waals surface area contributed by atoms with E-state index in [1.807, 2.05) is 43.1 Å². The van der Waals surface area contributed by atoms with Gasteiger partial charge in [0, 0.05) is 29.6 Å². The smallest absolute Gasteiger partial charge is 0.157 e. The number of halogens is 1. The number of likely N-dealkylation sites (N-methyl/N-ethyl adjacent to an activating group) is 1. The maximum atomic E-state index is 9.10. The molecule has 0 amide bonds. The van der Waals surface area contributed by atoms with Crippen molar-refractivity contribution >= 4 is 28.5 Å². The van der Waals surface area contributed by atoms with Gasteiger partial charge in [-0.15, -0.1) is 0 Å². The maximum Gasteiger partial charge on any atom is 0.157 e. The van der Waals surface area contributed by atoms with Crippen molar-refractivity contribution in [3.63, 3.8) is 0 Å². The van der Waals surface area contributed by atoms with Gasteiger partial charge in [-0.3, -0.25) is 5.10 Å². The highest BCUT2D eigenvalue weighted by molar-refractivity contribution is 6.31. The Morgan fingerprint density at radius 2 is 2.00 bits per heavy atom. The number of aryl methyl sites for hydroxylation is 1. The van der Waals surface area contributed by atoms with Crippen LogP contribution in [0.5, 0.6) is 5.75 Å². The van der Waals surface area contributed by atoms with E-state index in [1.54, 1.807) is 0 Å². The van der Waals surface area contributed by atoms with Gasteiger partial charge in [0.05, 0.1) is 6.61 Å². The van der Waals surface area contributed by atoms with E-state index >= 15 is 0 Å². The van der Waals surface area contributed by atoms with Crippen LogP contribution >= 0.6 is 11.6 Å². The molecule has 2 aromatic heterocycles. The summed E-state index contributed by atoms with van der Waals surface area (Å²) in [5.74, 6) is 1.60. The molecule has 1 aromatic carbocycles. The number of aromatic nitrogens is 3. The third-order valence-corrected chi connectivity index (χ3v) is 5.16. The van der Waals surface area contributed by atoms with E-state index in [-0.39, 0.29) is 12.0 Å². The summed E-state index contributed by atoms with van der Waals surface area (Å²) in [6.45, 7) is 9.32. The monoisotopic (exact) mass is 402 g/mol. The molecule has 2 N–H and O–H groups in total. The first-order valence-corrected chi connectivity index (χ1v) is 9.68. The first kappa shape index (κ1) is 20.4. The van der Waals surface area contributed by atoms with Gasteiger partial charge in [-0.2, -0.15) is 5.10 Å². The summed E-state index contributed by atoms with van der Waals surface area (Å²) in [6.07, 6.45) is 0. The second-order valence-electron chi connectivity index (χ2n) is 8.02. The number of pyridine rings is 1. The summed E-state index contributed by atoms with van der Waals surface area (Å²) in [5.41, 5.74) is 3.45. The van der Waals surface area contributed by atoms with Gasteiger partial charge in [0.25, 0.3) is 0 Å². The van der Waals surface area contributed by atoms with Crippen LogP contribution in [0, 0.1) is 6.92 Å². The number of benzene rings is 1. The number of aromatic amines is 1. The minimum Gasteiger partial charge on any atom is -0.487 e. The lowest BCUT2D eigenvalue weighted by Gasteiger charge is -2.23. The Hall–Kier alpha value is -2.31. The molecule has 0 spiro atoms. The molecule has 0 saturated carbocycles. The topological polar surface area (TPSA) is 74.3 Å². The lowest BCUT2D eigenvalue weighted by Crippen LogP contribution is -2.22. The van der Waals surface area contributed by atoms with Gasteiger partial charge in [0.2, 0.25) is 0 Å². The van der Waals surface area contributed by atoms with Gasteiger partial charge in [-0.25, -0.2) is 4.98 Å². The predicted molar refractivity (Wildman–Crippen MR) is 113 cm³/mol. The second kappa shape index (κ2) is 7.97. The lowest BCUT2D eigenvalue weighted by atomic mass is 9.86. The molecule has 0 unspecified atom stereocenters. The number of anilines is 1. The molecular formula is C21H27ClN4O2. The van der Waals surface area contributed by atoms with Gasteiger partial charge in [-0.1, -0.05) is 32.4 Å². The summed E-state index contributed by atoms with van der Waals surface area (Å²) < 4.78 is 6.16. The number of nitrogens with one attached hydrogen (secondary N) is 1. The Kier molecular flexibility index (Phi) is 5.82. The van der Waals surface area contributed by atoms with Crippen LogP contribution in [0.4, 0.5) is 5.82 Å². The number of H-pyrrole nitrogens is 1. The minimum absolute atomic E-state index is 0.0783. The Labute approximate surface area is 170 Å². The predicted octanol–water partition coefficient (Wildman–Crippen LogP) is 4.22. The number of aliphatic hydroxyl groups is 1. The van der Waals surface area contributed by atoms with Crippen LogP contribution in [0.2, 0.25) is 5.02 Å². The molecule has 0 aliphatic heterocycles. The number of rotatable bonds is 6. The van der Waals surface area contributed by atoms with E-state index in [4.69, 9.17) is 21.4 Å². The van der Waals surface area contributed by atoms with Crippen molar-refractivity contribution < 1.29 is 9.84 Å². The van der Waals surface area contributed by atoms with Crippen molar-refractivity contribution in [2.75, 3.05) is 25.1 Å². The molecule has 0 aliphatic carbocycles. The normalized spacial score (nSPS) is 11.8. The van der Waals surface area contributed by atoms with Crippen LogP contribution < -0.4 is 9.64 Å². The molecule has 3 aromatic rings. The average molecular weight is 403 g/mol. The highest BCUT2D eigenvalue weighted by atomic mass is 35.5. The quantitative estimate of drug-likeness (QED) is 0.645. The van der Waals surface area contributed by atoms with E-state index in [9.17, 15) is 0 Å². The van der Waals surface area contributed by atoms with Crippen LogP contribution in [-0.2, 0) is 12.0 Å². The fourth-order valence-corrected chi connectivity index (χ4v) is 3.21. The number of nitrogens with zero attached hydrogens (tertiary/aromatic N) is 3. The molecule has 0 saturated heterocycles. The highest BCUT2D eigenvalue weighted by Crippen LogP contribution is 2.36. The first-order chi connectivity index (χ1) is 13.2. The molecule has 0 fully saturated rings. The zero-order chi connectivity index (χ0) is 20.5. The van der Waals surface area contributed by atoms with Crippen molar-refractivity contribution in [2.45, 2.75) is 39.7 Å².